The monoisotopic (exact) mass is 364 g/mol. The molecule has 0 aliphatic heterocycles. The van der Waals surface area contributed by atoms with Gasteiger partial charge in [0.15, 0.2) is 0 Å². The number of aryl methyl sites for hydroxylation is 1. The number of nitrogens with two attached hydrogens (primary N) is 1. The van der Waals surface area contributed by atoms with Gasteiger partial charge in [-0.1, -0.05) is 29.3 Å². The van der Waals surface area contributed by atoms with Crippen molar-refractivity contribution >= 4 is 45.6 Å². The van der Waals surface area contributed by atoms with Crippen molar-refractivity contribution in [2.24, 2.45) is 0 Å². The summed E-state index contributed by atoms with van der Waals surface area (Å²) in [5, 5.41) is 2.80. The van der Waals surface area contributed by atoms with Crippen molar-refractivity contribution in [2.75, 3.05) is 17.7 Å². The smallest absolute Gasteiger partial charge is 0.253 e. The SMILES string of the molecule is CCCCOC(C)C(=O)Nc1cc(Br)cc(C)c1N.Cl. The molecule has 1 aromatic rings. The van der Waals surface area contributed by atoms with E-state index in [1.807, 2.05) is 13.0 Å². The highest BCUT2D eigenvalue weighted by Gasteiger charge is 2.15. The highest BCUT2D eigenvalue weighted by Crippen LogP contribution is 2.27. The summed E-state index contributed by atoms with van der Waals surface area (Å²) in [6, 6.07) is 3.70. The number of halogens is 2. The first-order chi connectivity index (χ1) is 8.95. The molecule has 0 heterocycles. The van der Waals surface area contributed by atoms with E-state index in [0.717, 1.165) is 22.9 Å². The molecule has 0 aliphatic rings. The fourth-order valence-corrected chi connectivity index (χ4v) is 2.14. The lowest BCUT2D eigenvalue weighted by atomic mass is 10.1. The van der Waals surface area contributed by atoms with Gasteiger partial charge in [0.2, 0.25) is 0 Å². The van der Waals surface area contributed by atoms with Crippen LogP contribution in [0.4, 0.5) is 11.4 Å². The summed E-state index contributed by atoms with van der Waals surface area (Å²) >= 11 is 3.39. The van der Waals surface area contributed by atoms with Crippen molar-refractivity contribution in [3.05, 3.63) is 22.2 Å². The van der Waals surface area contributed by atoms with Crippen LogP contribution in [0, 0.1) is 6.92 Å². The summed E-state index contributed by atoms with van der Waals surface area (Å²) < 4.78 is 6.34. The number of nitrogens with one attached hydrogen (secondary N) is 1. The van der Waals surface area contributed by atoms with Gasteiger partial charge in [-0.05, 0) is 38.0 Å². The molecule has 0 radical (unpaired) electrons. The second kappa shape index (κ2) is 9.21. The van der Waals surface area contributed by atoms with E-state index in [1.54, 1.807) is 13.0 Å². The summed E-state index contributed by atoms with van der Waals surface area (Å²) in [6.45, 7) is 6.32. The molecule has 0 saturated carbocycles. The van der Waals surface area contributed by atoms with Crippen LogP contribution in [0.2, 0.25) is 0 Å². The van der Waals surface area contributed by atoms with Crippen LogP contribution >= 0.6 is 28.3 Å². The third-order valence-corrected chi connectivity index (χ3v) is 3.30. The number of rotatable bonds is 6. The molecule has 1 aromatic carbocycles. The Morgan fingerprint density at radius 2 is 2.15 bits per heavy atom. The van der Waals surface area contributed by atoms with Crippen LogP contribution in [0.1, 0.15) is 32.3 Å². The molecule has 0 fully saturated rings. The van der Waals surface area contributed by atoms with Crippen LogP contribution in [-0.4, -0.2) is 18.6 Å². The fourth-order valence-electron chi connectivity index (χ4n) is 1.57. The van der Waals surface area contributed by atoms with Gasteiger partial charge in [0, 0.05) is 11.1 Å². The lowest BCUT2D eigenvalue weighted by molar-refractivity contribution is -0.126. The topological polar surface area (TPSA) is 64.3 Å². The van der Waals surface area contributed by atoms with E-state index in [-0.39, 0.29) is 18.3 Å². The maximum absolute atomic E-state index is 12.0. The third kappa shape index (κ3) is 5.69. The van der Waals surface area contributed by atoms with Crippen LogP contribution in [0.5, 0.6) is 0 Å². The minimum absolute atomic E-state index is 0. The Morgan fingerprint density at radius 3 is 2.75 bits per heavy atom. The first-order valence-electron chi connectivity index (χ1n) is 6.43. The largest absolute Gasteiger partial charge is 0.397 e. The molecule has 1 atom stereocenters. The summed E-state index contributed by atoms with van der Waals surface area (Å²) in [5.41, 5.74) is 8.06. The standard InChI is InChI=1S/C14H21BrN2O2.ClH/c1-4-5-6-19-10(3)14(18)17-12-8-11(15)7-9(2)13(12)16;/h7-8,10H,4-6,16H2,1-3H3,(H,17,18);1H. The Hall–Kier alpha value is -0.780. The number of amides is 1. The first-order valence-corrected chi connectivity index (χ1v) is 7.23. The summed E-state index contributed by atoms with van der Waals surface area (Å²) in [7, 11) is 0. The number of carbonyl (C=O) groups is 1. The number of nitrogen functional groups attached to an aromatic ring is 1. The number of hydrogen-bond acceptors (Lipinski definition) is 3. The van der Waals surface area contributed by atoms with E-state index < -0.39 is 6.10 Å². The number of benzene rings is 1. The van der Waals surface area contributed by atoms with E-state index in [0.29, 0.717) is 18.0 Å². The number of anilines is 2. The van der Waals surface area contributed by atoms with Crippen LogP contribution in [0.15, 0.2) is 16.6 Å². The van der Waals surface area contributed by atoms with Crippen molar-refractivity contribution in [3.8, 4) is 0 Å². The van der Waals surface area contributed by atoms with Crippen molar-refractivity contribution < 1.29 is 9.53 Å². The molecular formula is C14H22BrClN2O2. The predicted molar refractivity (Wildman–Crippen MR) is 89.5 cm³/mol. The lowest BCUT2D eigenvalue weighted by Gasteiger charge is -2.15. The highest BCUT2D eigenvalue weighted by atomic mass is 79.9. The number of hydrogen-bond donors (Lipinski definition) is 2. The lowest BCUT2D eigenvalue weighted by Crippen LogP contribution is -2.28. The van der Waals surface area contributed by atoms with Gasteiger partial charge < -0.3 is 15.8 Å². The second-order valence-corrected chi connectivity index (χ2v) is 5.46. The molecule has 0 aliphatic carbocycles. The fraction of sp³-hybridized carbons (Fsp3) is 0.500. The van der Waals surface area contributed by atoms with E-state index in [4.69, 9.17) is 10.5 Å². The van der Waals surface area contributed by atoms with E-state index >= 15 is 0 Å². The zero-order chi connectivity index (χ0) is 14.4. The van der Waals surface area contributed by atoms with Gasteiger partial charge >= 0.3 is 0 Å². The van der Waals surface area contributed by atoms with Crippen LogP contribution in [0.3, 0.4) is 0 Å². The Morgan fingerprint density at radius 1 is 1.50 bits per heavy atom. The van der Waals surface area contributed by atoms with E-state index in [2.05, 4.69) is 28.2 Å². The van der Waals surface area contributed by atoms with E-state index in [1.165, 1.54) is 0 Å². The predicted octanol–water partition coefficient (Wildman–Crippen LogP) is 3.91. The quantitative estimate of drug-likeness (QED) is 0.593. The van der Waals surface area contributed by atoms with Crippen molar-refractivity contribution in [1.29, 1.82) is 0 Å². The van der Waals surface area contributed by atoms with Gasteiger partial charge in [-0.2, -0.15) is 0 Å². The molecule has 1 rings (SSSR count). The van der Waals surface area contributed by atoms with Crippen molar-refractivity contribution in [1.82, 2.24) is 0 Å². The Bertz CT molecular complexity index is 455. The molecule has 0 spiro atoms. The molecule has 0 aromatic heterocycles. The van der Waals surface area contributed by atoms with Gasteiger partial charge in [-0.15, -0.1) is 12.4 Å². The Balaban J connectivity index is 0.00000361. The molecule has 20 heavy (non-hydrogen) atoms. The third-order valence-electron chi connectivity index (χ3n) is 2.84. The number of ether oxygens (including phenoxy) is 1. The molecule has 3 N–H and O–H groups in total. The highest BCUT2D eigenvalue weighted by molar-refractivity contribution is 9.10. The average molecular weight is 366 g/mol. The van der Waals surface area contributed by atoms with E-state index in [9.17, 15) is 4.79 Å². The molecule has 4 nitrogen and oxygen atoms in total. The van der Waals surface area contributed by atoms with Gasteiger partial charge in [0.1, 0.15) is 6.10 Å². The molecule has 1 amide bonds. The van der Waals surface area contributed by atoms with Crippen LogP contribution in [-0.2, 0) is 9.53 Å². The minimum atomic E-state index is -0.481. The first kappa shape index (κ1) is 19.2. The second-order valence-electron chi connectivity index (χ2n) is 4.54. The minimum Gasteiger partial charge on any atom is -0.397 e. The molecule has 0 saturated heterocycles. The molecule has 6 heteroatoms. The maximum Gasteiger partial charge on any atom is 0.253 e. The van der Waals surface area contributed by atoms with Crippen molar-refractivity contribution in [2.45, 2.75) is 39.7 Å². The molecule has 1 unspecified atom stereocenters. The van der Waals surface area contributed by atoms with Gasteiger partial charge in [-0.25, -0.2) is 0 Å². The molecule has 114 valence electrons. The summed E-state index contributed by atoms with van der Waals surface area (Å²) in [4.78, 5) is 12.0. The zero-order valence-corrected chi connectivity index (χ0v) is 14.4. The van der Waals surface area contributed by atoms with Gasteiger partial charge in [0.25, 0.3) is 5.91 Å². The number of unbranched alkanes of at least 4 members (excludes halogenated alkanes) is 1. The Labute approximate surface area is 135 Å². The Kier molecular flexibility index (Phi) is 8.85. The summed E-state index contributed by atoms with van der Waals surface area (Å²) in [5.74, 6) is -0.180. The van der Waals surface area contributed by atoms with Gasteiger partial charge in [0.05, 0.1) is 11.4 Å². The molecule has 0 bridgehead atoms. The van der Waals surface area contributed by atoms with Crippen LogP contribution in [0.25, 0.3) is 0 Å². The van der Waals surface area contributed by atoms with Crippen LogP contribution < -0.4 is 11.1 Å². The van der Waals surface area contributed by atoms with Crippen molar-refractivity contribution in [3.63, 3.8) is 0 Å². The zero-order valence-electron chi connectivity index (χ0n) is 12.0. The normalized spacial score (nSPS) is 11.6. The van der Waals surface area contributed by atoms with Gasteiger partial charge in [-0.3, -0.25) is 4.79 Å². The maximum atomic E-state index is 12.0. The molecular weight excluding hydrogens is 344 g/mol. The average Bonchev–Trinajstić information content (AvgIpc) is 2.35. The summed E-state index contributed by atoms with van der Waals surface area (Å²) in [6.07, 6.45) is 1.52. The number of carbonyl (C=O) groups excluding carboxylic acids is 1.